The molecular weight excluding hydrogens is 1400 g/mol. The van der Waals surface area contributed by atoms with Gasteiger partial charge in [-0.3, -0.25) is 44.4 Å². The molecule has 0 spiro atoms. The van der Waals surface area contributed by atoms with Crippen LogP contribution in [0.15, 0.2) is 182 Å². The van der Waals surface area contributed by atoms with E-state index in [1.54, 1.807) is 73.8 Å². The van der Waals surface area contributed by atoms with E-state index < -0.39 is 5.82 Å². The molecule has 0 bridgehead atoms. The van der Waals surface area contributed by atoms with Gasteiger partial charge in [-0.05, 0) is 200 Å². The Kier molecular flexibility index (Phi) is 23.3. The molecule has 0 atom stereocenters. The number of halogens is 3. The van der Waals surface area contributed by atoms with Gasteiger partial charge in [0.1, 0.15) is 17.3 Å². The fourth-order valence-electron chi connectivity index (χ4n) is 12.5. The van der Waals surface area contributed by atoms with Crippen LogP contribution >= 0.6 is 23.2 Å². The SMILES string of the molecule is COc1ccc(CCNC(=O)c2ccc3[nH]nc(N)c3c2)cc1.COc1ccc(NC(=O)c2ccc3[nH]nc(N)c3c2)cc1Cl.NC1=CCc2ccc(C(=O)CCc3ccc(F)c(Cl)c3)cc21.Nc1n[nH]c2ccc(C(=O)N3CCCCC3)cc12.Nc1n[nH]c2ccc(CC(=O)c3ccc4c(c3)CC=C4)cc12. The highest BCUT2D eigenvalue weighted by Crippen LogP contribution is 2.31. The molecular formula is C81H77Cl2FN16O7. The average molecular weight is 1480 g/mol. The lowest BCUT2D eigenvalue weighted by atomic mass is 9.98. The molecule has 16 rings (SSSR count). The van der Waals surface area contributed by atoms with Gasteiger partial charge in [-0.2, -0.15) is 20.4 Å². The van der Waals surface area contributed by atoms with Crippen molar-refractivity contribution in [3.05, 3.63) is 265 Å². The average Bonchev–Trinajstić information content (AvgIpc) is 1.82. The molecule has 3 amide bonds. The van der Waals surface area contributed by atoms with Gasteiger partial charge in [0.15, 0.2) is 34.8 Å². The molecule has 3 aliphatic rings. The molecule has 0 unspecified atom stereocenters. The second-order valence-electron chi connectivity index (χ2n) is 25.6. The zero-order chi connectivity index (χ0) is 75.3. The number of amides is 3. The number of aryl methyl sites for hydroxylation is 1. The highest BCUT2D eigenvalue weighted by Gasteiger charge is 2.21. The van der Waals surface area contributed by atoms with E-state index in [0.717, 1.165) is 128 Å². The summed E-state index contributed by atoms with van der Waals surface area (Å²) in [5.74, 6) is 2.46. The number of carbonyl (C=O) groups excluding carboxylic acids is 5. The molecule has 23 nitrogen and oxygen atoms in total. The normalized spacial score (nSPS) is 12.5. The molecule has 16 N–H and O–H groups in total. The van der Waals surface area contributed by atoms with Gasteiger partial charge >= 0.3 is 0 Å². The van der Waals surface area contributed by atoms with Crippen molar-refractivity contribution in [3.8, 4) is 11.5 Å². The number of H-pyrrole nitrogens is 4. The molecule has 1 aliphatic heterocycles. The second-order valence-corrected chi connectivity index (χ2v) is 26.4. The number of carbonyl (C=O) groups is 5. The number of Topliss-reactive ketones (excluding diaryl/α,β-unsaturated/α-hetero) is 2. The maximum Gasteiger partial charge on any atom is 0.255 e. The number of aromatic amines is 4. The van der Waals surface area contributed by atoms with E-state index >= 15 is 0 Å². The standard InChI is InChI=1S/C18H15ClFNO.C18H15N3O.C17H18N4O2.C15H13ClN4O2.C13H16N4O/c19-15-9-11(1-6-16(15)20)2-8-18(22)13-4-3-12-5-7-17(21)14(12)10-13;19-18-15-8-11(4-7-16(15)20-21-18)9-17(22)14-6-5-12-2-1-3-13(12)10-14;1-23-13-5-2-11(3-6-13)8-9-19-17(22)12-4-7-15-14(10-12)16(18)21-20-15;1-22-13-5-3-9(7-11(13)16)18-15(21)8-2-4-12-10(6-8)14(17)20-19-12;14-12-10-8-9(4-5-11(10)15-16-12)13(18)17-6-2-1-3-7-17/h1,3-4,6-7,9-10H,2,5,8,21H2;1-2,4-8,10H,3,9H2,(H3,19,20,21);2-7,10H,8-9H2,1H3,(H,19,22)(H3,18,20,21);2-7H,1H3,(H,18,21)(H3,17,19,20);4-5,8H,1-3,6-7H2,(H3,14,15,16). The number of nitrogens with two attached hydrogens (primary N) is 5. The Labute approximate surface area is 624 Å². The van der Waals surface area contributed by atoms with E-state index in [2.05, 4.69) is 63.6 Å². The molecule has 544 valence electrons. The van der Waals surface area contributed by atoms with Gasteiger partial charge in [0.25, 0.3) is 17.7 Å². The summed E-state index contributed by atoms with van der Waals surface area (Å²) in [4.78, 5) is 63.6. The van der Waals surface area contributed by atoms with Gasteiger partial charge < -0.3 is 53.7 Å². The first-order valence-corrected chi connectivity index (χ1v) is 35.2. The highest BCUT2D eigenvalue weighted by molar-refractivity contribution is 6.32. The first-order chi connectivity index (χ1) is 51.7. The molecule has 9 aromatic carbocycles. The van der Waals surface area contributed by atoms with Crippen LogP contribution in [0.25, 0.3) is 55.4 Å². The fraction of sp³-hybridized carbons (Fsp3) is 0.173. The number of allylic oxidation sites excluding steroid dienone is 2. The van der Waals surface area contributed by atoms with Crippen molar-refractivity contribution in [2.45, 2.75) is 57.8 Å². The van der Waals surface area contributed by atoms with Gasteiger partial charge in [-0.15, -0.1) is 0 Å². The van der Waals surface area contributed by atoms with E-state index in [1.807, 2.05) is 108 Å². The number of likely N-dealkylation sites (tertiary alicyclic amines) is 1. The van der Waals surface area contributed by atoms with Crippen molar-refractivity contribution in [2.24, 2.45) is 5.73 Å². The Morgan fingerprint density at radius 3 is 1.69 bits per heavy atom. The van der Waals surface area contributed by atoms with Crippen LogP contribution in [0.2, 0.25) is 10.0 Å². The van der Waals surface area contributed by atoms with Crippen LogP contribution in [-0.2, 0) is 32.1 Å². The van der Waals surface area contributed by atoms with Crippen molar-refractivity contribution in [1.82, 2.24) is 51.0 Å². The third-order valence-corrected chi connectivity index (χ3v) is 19.1. The number of hydrogen-bond donors (Lipinski definition) is 11. The van der Waals surface area contributed by atoms with E-state index in [-0.39, 0.29) is 34.3 Å². The number of ketones is 2. The summed E-state index contributed by atoms with van der Waals surface area (Å²) in [6.07, 6.45) is 13.3. The van der Waals surface area contributed by atoms with Gasteiger partial charge in [0.2, 0.25) is 0 Å². The maximum atomic E-state index is 13.1. The topological polar surface area (TPSA) is 376 Å². The second kappa shape index (κ2) is 33.8. The van der Waals surface area contributed by atoms with Crippen molar-refractivity contribution < 1.29 is 37.8 Å². The number of methoxy groups -OCH3 is 2. The Morgan fingerprint density at radius 2 is 1.07 bits per heavy atom. The van der Waals surface area contributed by atoms with E-state index in [0.29, 0.717) is 93.2 Å². The minimum Gasteiger partial charge on any atom is -0.497 e. The Hall–Kier alpha value is -12.8. The number of ether oxygens (including phenoxy) is 2. The van der Waals surface area contributed by atoms with Crippen LogP contribution in [0.1, 0.15) is 116 Å². The van der Waals surface area contributed by atoms with E-state index in [4.69, 9.17) is 61.3 Å². The molecule has 5 heterocycles. The number of nitrogens with one attached hydrogen (secondary N) is 6. The van der Waals surface area contributed by atoms with E-state index in [1.165, 1.54) is 30.7 Å². The summed E-state index contributed by atoms with van der Waals surface area (Å²) in [6, 6.07) is 50.7. The van der Waals surface area contributed by atoms with Crippen LogP contribution in [0.3, 0.4) is 0 Å². The molecule has 0 radical (unpaired) electrons. The molecule has 0 saturated carbocycles. The number of fused-ring (bicyclic) bond motifs is 6. The van der Waals surface area contributed by atoms with Crippen molar-refractivity contribution in [3.63, 3.8) is 0 Å². The van der Waals surface area contributed by atoms with Crippen LogP contribution in [0.4, 0.5) is 33.3 Å². The number of piperidine rings is 1. The van der Waals surface area contributed by atoms with Gasteiger partial charge in [0.05, 0.1) is 46.3 Å². The number of anilines is 5. The zero-order valence-corrected chi connectivity index (χ0v) is 60.0. The van der Waals surface area contributed by atoms with Crippen molar-refractivity contribution >= 4 is 137 Å². The highest BCUT2D eigenvalue weighted by atomic mass is 35.5. The lowest BCUT2D eigenvalue weighted by Gasteiger charge is -2.26. The largest absolute Gasteiger partial charge is 0.497 e. The smallest absolute Gasteiger partial charge is 0.255 e. The Morgan fingerprint density at radius 1 is 0.514 bits per heavy atom. The van der Waals surface area contributed by atoms with Crippen molar-refractivity contribution in [2.75, 3.05) is 62.1 Å². The predicted molar refractivity (Wildman–Crippen MR) is 420 cm³/mol. The summed E-state index contributed by atoms with van der Waals surface area (Å²) < 4.78 is 23.3. The summed E-state index contributed by atoms with van der Waals surface area (Å²) >= 11 is 11.8. The molecule has 4 aromatic heterocycles. The summed E-state index contributed by atoms with van der Waals surface area (Å²) in [5, 5.41) is 36.4. The van der Waals surface area contributed by atoms with Crippen LogP contribution in [-0.4, -0.2) is 109 Å². The van der Waals surface area contributed by atoms with Gasteiger partial charge in [-0.1, -0.05) is 90.0 Å². The molecule has 13 aromatic rings. The quantitative estimate of drug-likeness (QED) is 0.0400. The first kappa shape index (κ1) is 73.9. The Bertz CT molecular complexity index is 5550. The monoisotopic (exact) mass is 1470 g/mol. The number of aromatic nitrogens is 8. The number of rotatable bonds is 16. The Balaban J connectivity index is 0.000000125. The minimum atomic E-state index is -0.447. The van der Waals surface area contributed by atoms with Crippen LogP contribution < -0.4 is 48.8 Å². The van der Waals surface area contributed by atoms with E-state index in [9.17, 15) is 28.4 Å². The lowest BCUT2D eigenvalue weighted by Crippen LogP contribution is -2.35. The maximum absolute atomic E-state index is 13.1. The summed E-state index contributed by atoms with van der Waals surface area (Å²) in [6.45, 7) is 2.28. The van der Waals surface area contributed by atoms with Crippen LogP contribution in [0.5, 0.6) is 11.5 Å². The summed E-state index contributed by atoms with van der Waals surface area (Å²) in [5.41, 5.74) is 44.3. The third-order valence-electron chi connectivity index (χ3n) is 18.5. The predicted octanol–water partition coefficient (Wildman–Crippen LogP) is 14.2. The molecule has 1 saturated heterocycles. The number of hydrogen-bond acceptors (Lipinski definition) is 16. The molecule has 2 aliphatic carbocycles. The first-order valence-electron chi connectivity index (χ1n) is 34.4. The summed E-state index contributed by atoms with van der Waals surface area (Å²) in [7, 11) is 3.17. The van der Waals surface area contributed by atoms with Crippen LogP contribution in [0, 0.1) is 5.82 Å². The molecule has 1 fully saturated rings. The number of nitrogens with zero attached hydrogens (tertiary/aromatic N) is 5. The molecule has 26 heteroatoms. The minimum absolute atomic E-state index is 0.0444. The third kappa shape index (κ3) is 18.1. The lowest BCUT2D eigenvalue weighted by molar-refractivity contribution is 0.0723. The molecule has 107 heavy (non-hydrogen) atoms. The number of nitrogen functional groups attached to an aromatic ring is 4. The number of benzene rings is 9. The van der Waals surface area contributed by atoms with Gasteiger partial charge in [-0.25, -0.2) is 4.39 Å². The fourth-order valence-corrected chi connectivity index (χ4v) is 13.0. The van der Waals surface area contributed by atoms with Gasteiger partial charge in [0, 0.05) is 98.8 Å². The zero-order valence-electron chi connectivity index (χ0n) is 58.5. The van der Waals surface area contributed by atoms with Crippen molar-refractivity contribution in [1.29, 1.82) is 0 Å².